The SMILES string of the molecule is Fc1cc(F)c(F)c(-c2nc3n(c2-c2ccc4ncccc4c2)CCCN3)c1. The van der Waals surface area contributed by atoms with Crippen LogP contribution in [0.5, 0.6) is 0 Å². The molecule has 0 saturated carbocycles. The van der Waals surface area contributed by atoms with Crippen molar-refractivity contribution in [3.8, 4) is 22.5 Å². The van der Waals surface area contributed by atoms with Gasteiger partial charge in [0.15, 0.2) is 11.6 Å². The quantitative estimate of drug-likeness (QED) is 0.498. The van der Waals surface area contributed by atoms with Gasteiger partial charge in [-0.05, 0) is 30.7 Å². The van der Waals surface area contributed by atoms with E-state index in [2.05, 4.69) is 15.3 Å². The molecule has 4 aromatic rings. The Bertz CT molecular complexity index is 1220. The maximum atomic E-state index is 14.6. The van der Waals surface area contributed by atoms with E-state index in [-0.39, 0.29) is 11.3 Å². The summed E-state index contributed by atoms with van der Waals surface area (Å²) >= 11 is 0. The number of imidazole rings is 1. The molecular weight excluding hydrogens is 365 g/mol. The first-order valence-electron chi connectivity index (χ1n) is 8.96. The summed E-state index contributed by atoms with van der Waals surface area (Å²) in [6.45, 7) is 1.41. The van der Waals surface area contributed by atoms with Crippen LogP contribution in [-0.2, 0) is 6.54 Å². The lowest BCUT2D eigenvalue weighted by Gasteiger charge is -2.18. The lowest BCUT2D eigenvalue weighted by Crippen LogP contribution is -2.17. The first-order chi connectivity index (χ1) is 13.6. The van der Waals surface area contributed by atoms with Crippen LogP contribution in [0.2, 0.25) is 0 Å². The zero-order valence-corrected chi connectivity index (χ0v) is 14.7. The van der Waals surface area contributed by atoms with Crippen LogP contribution in [0.15, 0.2) is 48.7 Å². The molecule has 0 saturated heterocycles. The molecule has 1 N–H and O–H groups in total. The number of aromatic nitrogens is 3. The third-order valence-corrected chi connectivity index (χ3v) is 4.93. The lowest BCUT2D eigenvalue weighted by molar-refractivity contribution is 0.497. The van der Waals surface area contributed by atoms with E-state index in [0.717, 1.165) is 35.5 Å². The van der Waals surface area contributed by atoms with Gasteiger partial charge in [-0.2, -0.15) is 0 Å². The van der Waals surface area contributed by atoms with Crippen LogP contribution in [0.25, 0.3) is 33.4 Å². The van der Waals surface area contributed by atoms with Crippen LogP contribution >= 0.6 is 0 Å². The predicted octanol–water partition coefficient (Wildman–Crippen LogP) is 5.00. The van der Waals surface area contributed by atoms with Crippen LogP contribution in [0.4, 0.5) is 19.1 Å². The van der Waals surface area contributed by atoms with Gasteiger partial charge in [0.2, 0.25) is 5.95 Å². The number of nitrogens with zero attached hydrogens (tertiary/aromatic N) is 3. The number of rotatable bonds is 2. The smallest absolute Gasteiger partial charge is 0.203 e. The summed E-state index contributed by atoms with van der Waals surface area (Å²) in [5.41, 5.74) is 2.25. The molecule has 0 amide bonds. The molecule has 7 heteroatoms. The van der Waals surface area contributed by atoms with Crippen LogP contribution in [0.1, 0.15) is 6.42 Å². The van der Waals surface area contributed by atoms with Crippen molar-refractivity contribution in [2.45, 2.75) is 13.0 Å². The van der Waals surface area contributed by atoms with Gasteiger partial charge in [0.1, 0.15) is 11.5 Å². The summed E-state index contributed by atoms with van der Waals surface area (Å²) in [7, 11) is 0. The number of benzene rings is 2. The number of hydrogen-bond donors (Lipinski definition) is 1. The number of halogens is 3. The van der Waals surface area contributed by atoms with Gasteiger partial charge in [-0.15, -0.1) is 0 Å². The summed E-state index contributed by atoms with van der Waals surface area (Å²) in [5.74, 6) is -2.63. The average molecular weight is 380 g/mol. The third kappa shape index (κ3) is 2.62. The Labute approximate surface area is 158 Å². The maximum Gasteiger partial charge on any atom is 0.203 e. The Hall–Kier alpha value is -3.35. The van der Waals surface area contributed by atoms with Gasteiger partial charge in [0, 0.05) is 41.9 Å². The highest BCUT2D eigenvalue weighted by Crippen LogP contribution is 2.38. The van der Waals surface area contributed by atoms with Gasteiger partial charge in [-0.3, -0.25) is 4.98 Å². The molecule has 0 unspecified atom stereocenters. The van der Waals surface area contributed by atoms with Crippen LogP contribution in [0.3, 0.4) is 0 Å². The van der Waals surface area contributed by atoms with Crippen molar-refractivity contribution in [3.05, 3.63) is 66.1 Å². The van der Waals surface area contributed by atoms with Crippen LogP contribution in [0, 0.1) is 17.5 Å². The predicted molar refractivity (Wildman–Crippen MR) is 101 cm³/mol. The summed E-state index contributed by atoms with van der Waals surface area (Å²) in [6.07, 6.45) is 2.58. The summed E-state index contributed by atoms with van der Waals surface area (Å²) < 4.78 is 44.2. The monoisotopic (exact) mass is 380 g/mol. The topological polar surface area (TPSA) is 42.7 Å². The number of anilines is 1. The molecule has 140 valence electrons. The molecule has 2 aromatic heterocycles. The Kier molecular flexibility index (Phi) is 3.82. The van der Waals surface area contributed by atoms with Gasteiger partial charge >= 0.3 is 0 Å². The first-order valence-corrected chi connectivity index (χ1v) is 8.96. The second-order valence-corrected chi connectivity index (χ2v) is 6.72. The van der Waals surface area contributed by atoms with Crippen molar-refractivity contribution in [2.24, 2.45) is 0 Å². The van der Waals surface area contributed by atoms with Crippen molar-refractivity contribution < 1.29 is 13.2 Å². The Morgan fingerprint density at radius 3 is 2.82 bits per heavy atom. The fraction of sp³-hybridized carbons (Fsp3) is 0.143. The maximum absolute atomic E-state index is 14.6. The highest BCUT2D eigenvalue weighted by Gasteiger charge is 2.25. The van der Waals surface area contributed by atoms with Gasteiger partial charge in [0.05, 0.1) is 11.2 Å². The fourth-order valence-electron chi connectivity index (χ4n) is 3.67. The lowest BCUT2D eigenvalue weighted by atomic mass is 10.0. The molecule has 1 aliphatic heterocycles. The zero-order chi connectivity index (χ0) is 19.3. The van der Waals surface area contributed by atoms with E-state index in [1.54, 1.807) is 6.20 Å². The van der Waals surface area contributed by atoms with Gasteiger partial charge in [0.25, 0.3) is 0 Å². The van der Waals surface area contributed by atoms with Crippen LogP contribution in [-0.4, -0.2) is 21.1 Å². The van der Waals surface area contributed by atoms with E-state index in [0.29, 0.717) is 24.3 Å². The zero-order valence-electron chi connectivity index (χ0n) is 14.7. The minimum atomic E-state index is -1.23. The molecule has 0 aliphatic carbocycles. The molecule has 2 aromatic carbocycles. The van der Waals surface area contributed by atoms with Crippen molar-refractivity contribution >= 4 is 16.9 Å². The molecule has 28 heavy (non-hydrogen) atoms. The van der Waals surface area contributed by atoms with Gasteiger partial charge in [-0.1, -0.05) is 12.1 Å². The van der Waals surface area contributed by atoms with E-state index in [1.165, 1.54) is 0 Å². The van der Waals surface area contributed by atoms with E-state index in [1.807, 2.05) is 34.9 Å². The summed E-state index contributed by atoms with van der Waals surface area (Å²) in [6, 6.07) is 11.0. The summed E-state index contributed by atoms with van der Waals surface area (Å²) in [5, 5.41) is 4.09. The number of pyridine rings is 1. The van der Waals surface area contributed by atoms with Gasteiger partial charge in [-0.25, -0.2) is 18.2 Å². The molecule has 5 rings (SSSR count). The minimum Gasteiger partial charge on any atom is -0.356 e. The second-order valence-electron chi connectivity index (χ2n) is 6.72. The average Bonchev–Trinajstić information content (AvgIpc) is 3.09. The standard InChI is InChI=1S/C21H15F3N4/c22-14-10-15(18(24)16(23)11-14)19-20(28-8-2-7-26-21(28)27-19)13-4-5-17-12(9-13)3-1-6-25-17/h1,3-6,9-11H,2,7-8H2,(H,26,27). The van der Waals surface area contributed by atoms with Crippen molar-refractivity contribution in [1.29, 1.82) is 0 Å². The minimum absolute atomic E-state index is 0.192. The highest BCUT2D eigenvalue weighted by molar-refractivity contribution is 5.88. The molecule has 1 aliphatic rings. The Morgan fingerprint density at radius 1 is 1.04 bits per heavy atom. The highest BCUT2D eigenvalue weighted by atomic mass is 19.2. The largest absolute Gasteiger partial charge is 0.356 e. The van der Waals surface area contributed by atoms with Crippen molar-refractivity contribution in [3.63, 3.8) is 0 Å². The molecule has 0 fully saturated rings. The molecule has 0 spiro atoms. The Balaban J connectivity index is 1.80. The molecule has 3 heterocycles. The molecular formula is C21H15F3N4. The fourth-order valence-corrected chi connectivity index (χ4v) is 3.67. The molecule has 4 nitrogen and oxygen atoms in total. The number of hydrogen-bond acceptors (Lipinski definition) is 3. The third-order valence-electron chi connectivity index (χ3n) is 4.93. The van der Waals surface area contributed by atoms with E-state index in [9.17, 15) is 13.2 Å². The normalized spacial score (nSPS) is 13.4. The number of fused-ring (bicyclic) bond motifs is 2. The molecule has 0 bridgehead atoms. The van der Waals surface area contributed by atoms with Crippen molar-refractivity contribution in [1.82, 2.24) is 14.5 Å². The van der Waals surface area contributed by atoms with E-state index in [4.69, 9.17) is 0 Å². The van der Waals surface area contributed by atoms with Gasteiger partial charge < -0.3 is 9.88 Å². The first kappa shape index (κ1) is 16.8. The van der Waals surface area contributed by atoms with E-state index >= 15 is 0 Å². The second kappa shape index (κ2) is 6.37. The summed E-state index contributed by atoms with van der Waals surface area (Å²) in [4.78, 5) is 8.80. The molecule has 0 radical (unpaired) electrons. The number of nitrogens with one attached hydrogen (secondary N) is 1. The van der Waals surface area contributed by atoms with Crippen molar-refractivity contribution in [2.75, 3.05) is 11.9 Å². The molecule has 0 atom stereocenters. The van der Waals surface area contributed by atoms with E-state index < -0.39 is 17.5 Å². The Morgan fingerprint density at radius 2 is 1.93 bits per heavy atom. The van der Waals surface area contributed by atoms with Crippen LogP contribution < -0.4 is 5.32 Å².